The predicted octanol–water partition coefficient (Wildman–Crippen LogP) is 6.39. The predicted molar refractivity (Wildman–Crippen MR) is 257 cm³/mol. The Morgan fingerprint density at radius 1 is 1.00 bits per heavy atom. The van der Waals surface area contributed by atoms with Crippen LogP contribution in [0.2, 0.25) is 0 Å². The lowest BCUT2D eigenvalue weighted by Gasteiger charge is -2.47. The Bertz CT molecular complexity index is 3210. The highest BCUT2D eigenvalue weighted by Crippen LogP contribution is 2.60. The van der Waals surface area contributed by atoms with E-state index in [2.05, 4.69) is 35.2 Å². The Kier molecular flexibility index (Phi) is 10.3. The number of nitrogens with one attached hydrogen (secondary N) is 1. The molecule has 9 atom stereocenters. The number of ketones is 1. The number of carbonyl (C=O) groups excluding carboxylic acids is 2. The number of rotatable bonds is 5. The third kappa shape index (κ3) is 6.35. The number of aryl methyl sites for hydroxylation is 2. The monoisotopic (exact) mass is 946 g/mol. The summed E-state index contributed by atoms with van der Waals surface area (Å²) in [5, 5.41) is 61.1. The number of phenols is 1. The third-order valence-corrected chi connectivity index (χ3v) is 16.8. The molecule has 70 heavy (non-hydrogen) atoms. The minimum Gasteiger partial charge on any atom is -0.506 e. The Labute approximate surface area is 403 Å². The van der Waals surface area contributed by atoms with Gasteiger partial charge in [-0.25, -0.2) is 0 Å². The van der Waals surface area contributed by atoms with Crippen molar-refractivity contribution >= 4 is 45.0 Å². The average molecular weight is 947 g/mol. The van der Waals surface area contributed by atoms with Crippen LogP contribution in [0.25, 0.3) is 33.3 Å². The highest BCUT2D eigenvalue weighted by molar-refractivity contribution is 6.17. The molecule has 1 saturated heterocycles. The van der Waals surface area contributed by atoms with Crippen LogP contribution in [-0.2, 0) is 40.0 Å². The minimum atomic E-state index is -2.46. The van der Waals surface area contributed by atoms with E-state index >= 15 is 4.79 Å². The van der Waals surface area contributed by atoms with E-state index in [-0.39, 0.29) is 78.8 Å². The maximum atomic E-state index is 15.4. The molecular weight excluding hydrogens is 893 g/mol. The van der Waals surface area contributed by atoms with E-state index in [1.165, 1.54) is 16.0 Å². The molecule has 5 aromatic rings. The molecule has 8 aliphatic rings. The van der Waals surface area contributed by atoms with Crippen molar-refractivity contribution in [3.05, 3.63) is 110 Å². The molecule has 0 unspecified atom stereocenters. The lowest BCUT2D eigenvalue weighted by molar-refractivity contribution is -0.328. The van der Waals surface area contributed by atoms with Crippen molar-refractivity contribution in [2.24, 2.45) is 5.92 Å². The van der Waals surface area contributed by atoms with Crippen molar-refractivity contribution in [3.63, 3.8) is 0 Å². The zero-order chi connectivity index (χ0) is 47.7. The smallest absolute Gasteiger partial charge is 0.254 e. The SMILES string of the molecule is COc1c2c3c4c(O)c(c5c6c4c1CCC6=C[C@@H]1CCC[C@@H]51)C(=O)CN1Cc4c(cccc4C1=O)CC#CO[C@H]1[C@H](O)[C@@H](CO[C@@H](c4c[nH]c5cc6c(cc45)[C@@H](CCO)CC6)/C=C/2)O[C@H](O3)[C@@]1(O)CO. The number of aromatic amines is 1. The van der Waals surface area contributed by atoms with Crippen molar-refractivity contribution in [2.75, 3.05) is 33.5 Å². The van der Waals surface area contributed by atoms with Crippen LogP contribution in [0.1, 0.15) is 127 Å². The number of fused-ring (bicyclic) bond motifs is 9. The average Bonchev–Trinajstić information content (AvgIpc) is 4.17. The summed E-state index contributed by atoms with van der Waals surface area (Å²) in [6, 6.07) is 9.71. The number of methoxy groups -OCH3 is 1. The molecule has 360 valence electrons. The van der Waals surface area contributed by atoms with E-state index in [0.29, 0.717) is 41.5 Å². The number of H-pyrrole nitrogens is 1. The second-order valence-corrected chi connectivity index (χ2v) is 20.4. The fourth-order valence-electron chi connectivity index (χ4n) is 13.5. The van der Waals surface area contributed by atoms with Gasteiger partial charge in [-0.2, -0.15) is 0 Å². The number of aliphatic hydroxyl groups is 4. The summed E-state index contributed by atoms with van der Waals surface area (Å²) < 4.78 is 32.9. The molecular formula is C56H54N2O12. The van der Waals surface area contributed by atoms with Crippen molar-refractivity contribution in [1.82, 2.24) is 9.88 Å². The topological polar surface area (TPSA) is 200 Å². The van der Waals surface area contributed by atoms with Crippen molar-refractivity contribution in [2.45, 2.75) is 112 Å². The van der Waals surface area contributed by atoms with Gasteiger partial charge < -0.3 is 59.1 Å². The van der Waals surface area contributed by atoms with Gasteiger partial charge in [0.25, 0.3) is 5.91 Å². The maximum absolute atomic E-state index is 15.4. The third-order valence-electron chi connectivity index (χ3n) is 16.8. The molecule has 13 rings (SSSR count). The molecule has 4 aliphatic carbocycles. The van der Waals surface area contributed by atoms with Crippen molar-refractivity contribution in [3.8, 4) is 29.3 Å². The van der Waals surface area contributed by atoms with Gasteiger partial charge in [0.05, 0.1) is 43.4 Å². The number of Topliss-reactive ketones (excluding diaryl/α,β-unsaturated/α-hetero) is 1. The van der Waals surface area contributed by atoms with Gasteiger partial charge in [-0.05, 0) is 126 Å². The number of phenolic OH excluding ortho intramolecular Hbond substituents is 1. The molecule has 0 radical (unpaired) electrons. The van der Waals surface area contributed by atoms with E-state index in [0.717, 1.165) is 82.0 Å². The summed E-state index contributed by atoms with van der Waals surface area (Å²) in [5.41, 5.74) is 7.57. The summed E-state index contributed by atoms with van der Waals surface area (Å²) in [5.74, 6) is 2.74. The molecule has 6 N–H and O–H groups in total. The van der Waals surface area contributed by atoms with Crippen molar-refractivity contribution < 1.29 is 58.8 Å². The first-order valence-electron chi connectivity index (χ1n) is 24.7. The van der Waals surface area contributed by atoms with Crippen LogP contribution in [0, 0.1) is 17.9 Å². The van der Waals surface area contributed by atoms with Gasteiger partial charge in [-0.1, -0.05) is 36.6 Å². The molecule has 1 aromatic heterocycles. The number of benzene rings is 4. The van der Waals surface area contributed by atoms with E-state index in [9.17, 15) is 30.3 Å². The fourth-order valence-corrected chi connectivity index (χ4v) is 13.5. The van der Waals surface area contributed by atoms with Crippen LogP contribution in [-0.4, -0.2) is 111 Å². The number of aromatic nitrogens is 1. The summed E-state index contributed by atoms with van der Waals surface area (Å²) in [7, 11) is 1.58. The van der Waals surface area contributed by atoms with Crippen LogP contribution in [0.4, 0.5) is 0 Å². The van der Waals surface area contributed by atoms with Gasteiger partial charge in [0.1, 0.15) is 41.7 Å². The number of amides is 1. The normalized spacial score (nSPS) is 29.8. The summed E-state index contributed by atoms with van der Waals surface area (Å²) in [6.07, 6.45) is 10.1. The number of ether oxygens (including phenoxy) is 5. The molecule has 2 fully saturated rings. The van der Waals surface area contributed by atoms with Gasteiger partial charge in [0.2, 0.25) is 6.29 Å². The summed E-state index contributed by atoms with van der Waals surface area (Å²) >= 11 is 0. The number of hydrogen-bond acceptors (Lipinski definition) is 12. The molecule has 4 aromatic carbocycles. The molecule has 4 aliphatic heterocycles. The molecule has 1 amide bonds. The summed E-state index contributed by atoms with van der Waals surface area (Å²) in [4.78, 5) is 34.5. The first-order chi connectivity index (χ1) is 34.1. The number of nitrogens with zero attached hydrogens (tertiary/aromatic N) is 1. The molecule has 1 saturated carbocycles. The van der Waals surface area contributed by atoms with E-state index in [4.69, 9.17) is 23.7 Å². The minimum absolute atomic E-state index is 0.00694. The molecule has 8 bridgehead atoms. The van der Waals surface area contributed by atoms with Crippen LogP contribution < -0.4 is 9.47 Å². The van der Waals surface area contributed by atoms with Gasteiger partial charge in [0, 0.05) is 58.7 Å². The van der Waals surface area contributed by atoms with E-state index in [1.807, 2.05) is 18.3 Å². The van der Waals surface area contributed by atoms with E-state index in [1.54, 1.807) is 25.3 Å². The molecule has 14 nitrogen and oxygen atoms in total. The number of aromatic hydroxyl groups is 1. The van der Waals surface area contributed by atoms with Gasteiger partial charge in [-0.15, -0.1) is 0 Å². The fraction of sp³-hybridized carbons (Fsp3) is 0.429. The first kappa shape index (κ1) is 43.8. The quantitative estimate of drug-likeness (QED) is 0.106. The van der Waals surface area contributed by atoms with Crippen LogP contribution in [0.15, 0.2) is 48.7 Å². The van der Waals surface area contributed by atoms with Gasteiger partial charge in [0.15, 0.2) is 17.5 Å². The van der Waals surface area contributed by atoms with E-state index < -0.39 is 48.7 Å². The van der Waals surface area contributed by atoms with Crippen LogP contribution in [0.3, 0.4) is 0 Å². The Morgan fingerprint density at radius 3 is 2.73 bits per heavy atom. The highest BCUT2D eigenvalue weighted by Gasteiger charge is 2.59. The Morgan fingerprint density at radius 2 is 1.89 bits per heavy atom. The second-order valence-electron chi connectivity index (χ2n) is 20.4. The number of aliphatic hydroxyl groups excluding tert-OH is 3. The Balaban J connectivity index is 1.08. The van der Waals surface area contributed by atoms with Crippen LogP contribution >= 0.6 is 0 Å². The number of allylic oxidation sites excluding steroid dienone is 2. The number of carbonyl (C=O) groups is 2. The lowest BCUT2D eigenvalue weighted by Crippen LogP contribution is -2.70. The zero-order valence-electron chi connectivity index (χ0n) is 38.8. The zero-order valence-corrected chi connectivity index (χ0v) is 38.8. The molecule has 14 heteroatoms. The molecule has 0 spiro atoms. The largest absolute Gasteiger partial charge is 0.506 e. The Hall–Kier alpha value is -6.18. The summed E-state index contributed by atoms with van der Waals surface area (Å²) in [6.45, 7) is -1.28. The van der Waals surface area contributed by atoms with Crippen molar-refractivity contribution in [1.29, 1.82) is 0 Å². The second kappa shape index (κ2) is 16.4. The molecule has 5 heterocycles. The first-order valence-corrected chi connectivity index (χ1v) is 24.7. The van der Waals surface area contributed by atoms with Gasteiger partial charge >= 0.3 is 0 Å². The standard InChI is InChI=1S/C56H54N2O12/c1-66-51-34-13-12-31-19-29-6-3-8-32(29)45-44(31)46(34)48-50(63)47(45)41(61)24-58-23-39-27(5-2-9-33(39)54(58)64)7-4-18-67-53-49(62)43-25-68-42(15-14-35(51)52(48)70-55(69-43)56(53,65)26-60)38-22-57-40-20-30-11-10-28(16-17-59)36(30)21-37(38)40/h2,5,9,14-15,19-22,28-29,32,42-43,49,53,55,57,59-60,62-63,65H,3,6-8,10-13,16-17,23-26H2,1H3/b15-14+/t28-,29+,32-,42-,43-,49-,53+,55-,56-/m1/s1. The van der Waals surface area contributed by atoms with Gasteiger partial charge in [-0.3, -0.25) is 9.59 Å². The number of hydrogen-bond donors (Lipinski definition) is 6. The highest BCUT2D eigenvalue weighted by atomic mass is 16.7. The lowest BCUT2D eigenvalue weighted by atomic mass is 9.69. The maximum Gasteiger partial charge on any atom is 0.254 e. The van der Waals surface area contributed by atoms with Crippen LogP contribution in [0.5, 0.6) is 17.2 Å².